The van der Waals surface area contributed by atoms with Gasteiger partial charge in [0.2, 0.25) is 0 Å². The number of piperidine rings is 1. The second-order valence-corrected chi connectivity index (χ2v) is 9.56. The number of halogens is 1. The van der Waals surface area contributed by atoms with Crippen LogP contribution in [0.4, 0.5) is 5.69 Å². The topological polar surface area (TPSA) is 76.0 Å². The van der Waals surface area contributed by atoms with Crippen LogP contribution in [0.25, 0.3) is 0 Å². The molecule has 0 aromatic heterocycles. The highest BCUT2D eigenvalue weighted by atomic mass is 79.9. The number of benzene rings is 2. The maximum absolute atomic E-state index is 13.1. The van der Waals surface area contributed by atoms with Crippen molar-refractivity contribution in [3.05, 3.63) is 52.6 Å². The molecule has 2 heterocycles. The Kier molecular flexibility index (Phi) is 5.93. The number of amides is 1. The van der Waals surface area contributed by atoms with Crippen LogP contribution < -0.4 is 5.32 Å². The van der Waals surface area contributed by atoms with Crippen molar-refractivity contribution in [3.63, 3.8) is 0 Å². The first-order chi connectivity index (χ1) is 14.3. The second-order valence-electron chi connectivity index (χ2n) is 8.56. The van der Waals surface area contributed by atoms with E-state index in [1.807, 2.05) is 13.8 Å². The monoisotopic (exact) mass is 473 g/mol. The Morgan fingerprint density at radius 2 is 1.77 bits per heavy atom. The Bertz CT molecular complexity index is 955. The number of carbonyl (C=O) groups excluding carboxylic acids is 1. The average Bonchev–Trinajstić information content (AvgIpc) is 3.12. The molecule has 1 fully saturated rings. The van der Waals surface area contributed by atoms with Crippen molar-refractivity contribution in [2.45, 2.75) is 51.7 Å². The largest absolute Gasteiger partial charge is 0.508 e. The summed E-state index contributed by atoms with van der Waals surface area (Å²) in [7, 11) is 0. The molecule has 2 aliphatic rings. The molecule has 1 amide bonds. The van der Waals surface area contributed by atoms with Crippen LogP contribution in [0, 0.1) is 0 Å². The molecular formula is C23H28BrN3O3. The van der Waals surface area contributed by atoms with Gasteiger partial charge in [-0.2, -0.15) is 0 Å². The quantitative estimate of drug-likeness (QED) is 0.567. The summed E-state index contributed by atoms with van der Waals surface area (Å²) < 4.78 is 2.17. The Balaban J connectivity index is 1.48. The summed E-state index contributed by atoms with van der Waals surface area (Å²) in [4.78, 5) is 14.9. The Labute approximate surface area is 185 Å². The molecule has 1 saturated heterocycles. The number of aromatic hydroxyl groups is 2. The zero-order valence-electron chi connectivity index (χ0n) is 17.4. The summed E-state index contributed by atoms with van der Waals surface area (Å²) in [5.74, 6) is -0.327. The lowest BCUT2D eigenvalue weighted by atomic mass is 9.98. The predicted octanol–water partition coefficient (Wildman–Crippen LogP) is 4.56. The minimum Gasteiger partial charge on any atom is -0.508 e. The smallest absolute Gasteiger partial charge is 0.258 e. The maximum Gasteiger partial charge on any atom is 0.258 e. The first-order valence-corrected chi connectivity index (χ1v) is 11.2. The highest BCUT2D eigenvalue weighted by Gasteiger charge is 2.28. The van der Waals surface area contributed by atoms with Crippen LogP contribution in [-0.4, -0.2) is 44.1 Å². The van der Waals surface area contributed by atoms with Gasteiger partial charge in [0.05, 0.1) is 5.56 Å². The van der Waals surface area contributed by atoms with E-state index >= 15 is 0 Å². The third-order valence-electron chi connectivity index (χ3n) is 6.02. The fourth-order valence-electron chi connectivity index (χ4n) is 4.25. The van der Waals surface area contributed by atoms with E-state index in [4.69, 9.17) is 0 Å². The molecule has 2 aliphatic heterocycles. The molecular weight excluding hydrogens is 446 g/mol. The first kappa shape index (κ1) is 21.0. The number of hydrogen-bond acceptors (Lipinski definition) is 5. The summed E-state index contributed by atoms with van der Waals surface area (Å²) in [6.07, 6.45) is 2.18. The Hall–Kier alpha value is -2.25. The number of anilines is 1. The molecule has 0 unspecified atom stereocenters. The molecule has 160 valence electrons. The van der Waals surface area contributed by atoms with Crippen LogP contribution in [-0.2, 0) is 13.1 Å². The molecule has 0 atom stereocenters. The molecule has 2 aromatic carbocycles. The van der Waals surface area contributed by atoms with E-state index in [9.17, 15) is 15.0 Å². The van der Waals surface area contributed by atoms with Crippen molar-refractivity contribution < 1.29 is 15.0 Å². The summed E-state index contributed by atoms with van der Waals surface area (Å²) >= 11 is 3.54. The summed E-state index contributed by atoms with van der Waals surface area (Å²) in [6, 6.07) is 9.65. The van der Waals surface area contributed by atoms with Crippen molar-refractivity contribution in [2.24, 2.45) is 0 Å². The van der Waals surface area contributed by atoms with E-state index in [1.54, 1.807) is 11.0 Å². The number of phenols is 2. The summed E-state index contributed by atoms with van der Waals surface area (Å²) in [5, 5.41) is 23.9. The third kappa shape index (κ3) is 4.27. The number of hydrogen-bond donors (Lipinski definition) is 3. The molecule has 2 aromatic rings. The highest BCUT2D eigenvalue weighted by Crippen LogP contribution is 2.35. The molecule has 0 aliphatic carbocycles. The minimum absolute atomic E-state index is 0.0187. The van der Waals surface area contributed by atoms with E-state index < -0.39 is 0 Å². The van der Waals surface area contributed by atoms with Crippen molar-refractivity contribution in [1.29, 1.82) is 0 Å². The van der Waals surface area contributed by atoms with E-state index in [2.05, 4.69) is 43.6 Å². The molecule has 7 heteroatoms. The van der Waals surface area contributed by atoms with E-state index in [0.29, 0.717) is 24.7 Å². The van der Waals surface area contributed by atoms with E-state index in [1.165, 1.54) is 6.07 Å². The highest BCUT2D eigenvalue weighted by molar-refractivity contribution is 9.07. The van der Waals surface area contributed by atoms with E-state index in [-0.39, 0.29) is 28.9 Å². The molecule has 0 bridgehead atoms. The van der Waals surface area contributed by atoms with Crippen molar-refractivity contribution in [1.82, 2.24) is 8.83 Å². The molecule has 0 radical (unpaired) electrons. The Morgan fingerprint density at radius 3 is 2.47 bits per heavy atom. The van der Waals surface area contributed by atoms with Crippen LogP contribution in [0.2, 0.25) is 0 Å². The fourth-order valence-corrected chi connectivity index (χ4v) is 4.66. The summed E-state index contributed by atoms with van der Waals surface area (Å²) in [5.41, 5.74) is 4.25. The molecule has 0 saturated carbocycles. The predicted molar refractivity (Wildman–Crippen MR) is 121 cm³/mol. The minimum atomic E-state index is -0.218. The van der Waals surface area contributed by atoms with Crippen LogP contribution in [0.15, 0.2) is 30.3 Å². The van der Waals surface area contributed by atoms with Gasteiger partial charge in [-0.1, -0.05) is 19.9 Å². The van der Waals surface area contributed by atoms with Crippen LogP contribution >= 0.6 is 16.1 Å². The van der Waals surface area contributed by atoms with Crippen molar-refractivity contribution >= 4 is 27.7 Å². The van der Waals surface area contributed by atoms with Gasteiger partial charge in [0.25, 0.3) is 5.91 Å². The van der Waals surface area contributed by atoms with Gasteiger partial charge in [0, 0.05) is 60.1 Å². The summed E-state index contributed by atoms with van der Waals surface area (Å²) in [6.45, 7) is 6.98. The van der Waals surface area contributed by atoms with Gasteiger partial charge in [-0.25, -0.2) is 3.93 Å². The van der Waals surface area contributed by atoms with Crippen molar-refractivity contribution in [3.8, 4) is 11.5 Å². The second kappa shape index (κ2) is 8.47. The molecule has 0 spiro atoms. The number of rotatable bonds is 4. The Morgan fingerprint density at radius 1 is 1.07 bits per heavy atom. The number of carbonyl (C=O) groups is 1. The van der Waals surface area contributed by atoms with Gasteiger partial charge < -0.3 is 20.4 Å². The average molecular weight is 474 g/mol. The standard InChI is InChI=1S/C23H28BrN3O3/c1-14(2)19-10-20(22(29)11-21(19)28)23(30)26-12-15-3-4-18(9-16(15)13-26)25-17-5-7-27(24)8-6-17/h3-4,9-11,14,17,25,28-29H,5-8,12-13H2,1-2H3. The molecule has 3 N–H and O–H groups in total. The lowest BCUT2D eigenvalue weighted by Gasteiger charge is -2.28. The van der Waals surface area contributed by atoms with E-state index in [0.717, 1.165) is 42.7 Å². The number of phenolic OH excluding ortho intramolecular Hbond substituents is 2. The number of fused-ring (bicyclic) bond motifs is 1. The molecule has 6 nitrogen and oxygen atoms in total. The first-order valence-electron chi connectivity index (χ1n) is 10.5. The normalized spacial score (nSPS) is 17.4. The van der Waals surface area contributed by atoms with Gasteiger partial charge >= 0.3 is 0 Å². The molecule has 4 rings (SSSR count). The fraction of sp³-hybridized carbons (Fsp3) is 0.435. The van der Waals surface area contributed by atoms with Gasteiger partial charge in [0.15, 0.2) is 0 Å². The van der Waals surface area contributed by atoms with Gasteiger partial charge in [0.1, 0.15) is 11.5 Å². The number of nitrogens with zero attached hydrogens (tertiary/aromatic N) is 2. The zero-order valence-corrected chi connectivity index (χ0v) is 18.9. The molecule has 30 heavy (non-hydrogen) atoms. The van der Waals surface area contributed by atoms with Crippen LogP contribution in [0.1, 0.15) is 59.7 Å². The van der Waals surface area contributed by atoms with Crippen molar-refractivity contribution in [2.75, 3.05) is 18.4 Å². The van der Waals surface area contributed by atoms with Gasteiger partial charge in [-0.05, 0) is 53.6 Å². The maximum atomic E-state index is 13.1. The van der Waals surface area contributed by atoms with Crippen LogP contribution in [0.5, 0.6) is 11.5 Å². The number of nitrogens with one attached hydrogen (secondary N) is 1. The van der Waals surface area contributed by atoms with Gasteiger partial charge in [-0.15, -0.1) is 0 Å². The van der Waals surface area contributed by atoms with Gasteiger partial charge in [-0.3, -0.25) is 4.79 Å². The zero-order chi connectivity index (χ0) is 21.4. The SMILES string of the molecule is CC(C)c1cc(C(=O)N2Cc3ccc(NC4CCN(Br)CC4)cc3C2)c(O)cc1O. The lowest BCUT2D eigenvalue weighted by molar-refractivity contribution is 0.0748. The van der Waals surface area contributed by atoms with Crippen LogP contribution in [0.3, 0.4) is 0 Å². The lowest BCUT2D eigenvalue weighted by Crippen LogP contribution is -2.34. The third-order valence-corrected chi connectivity index (χ3v) is 6.73.